The van der Waals surface area contributed by atoms with Crippen LogP contribution in [0, 0.1) is 17.5 Å². The first kappa shape index (κ1) is 15.3. The topological polar surface area (TPSA) is 66.4 Å². The van der Waals surface area contributed by atoms with Crippen molar-refractivity contribution in [1.82, 2.24) is 0 Å². The molecule has 8 heteroatoms. The molecule has 0 amide bonds. The number of benzene rings is 2. The van der Waals surface area contributed by atoms with E-state index in [-0.39, 0.29) is 5.56 Å². The van der Waals surface area contributed by atoms with E-state index < -0.39 is 44.7 Å². The van der Waals surface area contributed by atoms with E-state index >= 15 is 0 Å². The molecule has 0 spiro atoms. The minimum Gasteiger partial charge on any atom is -0.392 e. The SMILES string of the molecule is O=S(=O)(Nc1c(F)cccc1F)c1ccc(F)c(CO)c1. The maximum atomic E-state index is 13.4. The molecule has 2 aromatic carbocycles. The number of halogens is 3. The number of aliphatic hydroxyl groups is 1. The lowest BCUT2D eigenvalue weighted by atomic mass is 10.2. The minimum absolute atomic E-state index is 0.244. The molecular formula is C13H10F3NO3S. The Labute approximate surface area is 118 Å². The zero-order valence-electron chi connectivity index (χ0n) is 10.5. The van der Waals surface area contributed by atoms with E-state index in [0.717, 1.165) is 36.4 Å². The fourth-order valence-corrected chi connectivity index (χ4v) is 2.75. The van der Waals surface area contributed by atoms with Gasteiger partial charge in [0.25, 0.3) is 10.0 Å². The lowest BCUT2D eigenvalue weighted by Gasteiger charge is -2.10. The van der Waals surface area contributed by atoms with Gasteiger partial charge in [-0.25, -0.2) is 21.6 Å². The summed E-state index contributed by atoms with van der Waals surface area (Å²) in [4.78, 5) is -0.421. The van der Waals surface area contributed by atoms with Gasteiger partial charge in [-0.05, 0) is 30.3 Å². The van der Waals surface area contributed by atoms with E-state index in [0.29, 0.717) is 0 Å². The highest BCUT2D eigenvalue weighted by molar-refractivity contribution is 7.92. The third kappa shape index (κ3) is 3.17. The lowest BCUT2D eigenvalue weighted by Crippen LogP contribution is -2.15. The van der Waals surface area contributed by atoms with E-state index in [2.05, 4.69) is 0 Å². The molecule has 0 atom stereocenters. The van der Waals surface area contributed by atoms with E-state index in [1.807, 2.05) is 0 Å². The van der Waals surface area contributed by atoms with Crippen LogP contribution in [0.4, 0.5) is 18.9 Å². The summed E-state index contributed by atoms with van der Waals surface area (Å²) in [5.41, 5.74) is -1.07. The van der Waals surface area contributed by atoms with Crippen molar-refractivity contribution in [2.75, 3.05) is 4.72 Å². The Morgan fingerprint density at radius 1 is 1.00 bits per heavy atom. The van der Waals surface area contributed by atoms with Crippen molar-refractivity contribution in [3.8, 4) is 0 Å². The van der Waals surface area contributed by atoms with Gasteiger partial charge in [0.2, 0.25) is 0 Å². The van der Waals surface area contributed by atoms with Gasteiger partial charge in [-0.1, -0.05) is 6.07 Å². The zero-order valence-corrected chi connectivity index (χ0v) is 11.3. The quantitative estimate of drug-likeness (QED) is 0.910. The van der Waals surface area contributed by atoms with Gasteiger partial charge < -0.3 is 5.11 Å². The van der Waals surface area contributed by atoms with E-state index in [1.54, 1.807) is 4.72 Å². The molecule has 0 aliphatic rings. The van der Waals surface area contributed by atoms with Gasteiger partial charge in [0.15, 0.2) is 0 Å². The third-order valence-electron chi connectivity index (χ3n) is 2.70. The first-order valence-electron chi connectivity index (χ1n) is 5.71. The van der Waals surface area contributed by atoms with Crippen LogP contribution in [0.2, 0.25) is 0 Å². The Morgan fingerprint density at radius 3 is 2.19 bits per heavy atom. The van der Waals surface area contributed by atoms with Gasteiger partial charge in [0.1, 0.15) is 23.1 Å². The molecule has 0 aromatic heterocycles. The predicted molar refractivity (Wildman–Crippen MR) is 69.5 cm³/mol. The van der Waals surface area contributed by atoms with E-state index in [1.165, 1.54) is 0 Å². The van der Waals surface area contributed by atoms with Gasteiger partial charge in [0, 0.05) is 5.56 Å². The highest BCUT2D eigenvalue weighted by Gasteiger charge is 2.20. The van der Waals surface area contributed by atoms with Crippen LogP contribution >= 0.6 is 0 Å². The molecule has 2 rings (SSSR count). The van der Waals surface area contributed by atoms with Crippen LogP contribution in [0.1, 0.15) is 5.56 Å². The normalized spacial score (nSPS) is 11.4. The summed E-state index contributed by atoms with van der Waals surface area (Å²) in [7, 11) is -4.32. The summed E-state index contributed by atoms with van der Waals surface area (Å²) in [6, 6.07) is 5.53. The molecule has 0 saturated carbocycles. The second-order valence-corrected chi connectivity index (χ2v) is 5.80. The smallest absolute Gasteiger partial charge is 0.262 e. The van der Waals surface area contributed by atoms with Gasteiger partial charge in [-0.3, -0.25) is 4.72 Å². The molecule has 0 saturated heterocycles. The van der Waals surface area contributed by atoms with Crippen molar-refractivity contribution in [3.63, 3.8) is 0 Å². The maximum absolute atomic E-state index is 13.4. The van der Waals surface area contributed by atoms with Gasteiger partial charge in [-0.15, -0.1) is 0 Å². The zero-order chi connectivity index (χ0) is 15.6. The molecule has 4 nitrogen and oxygen atoms in total. The monoisotopic (exact) mass is 317 g/mol. The Kier molecular flexibility index (Phi) is 4.19. The van der Waals surface area contributed by atoms with Crippen LogP contribution in [0.15, 0.2) is 41.3 Å². The lowest BCUT2D eigenvalue weighted by molar-refractivity contribution is 0.275. The van der Waals surface area contributed by atoms with Gasteiger partial charge >= 0.3 is 0 Å². The highest BCUT2D eigenvalue weighted by Crippen LogP contribution is 2.23. The summed E-state index contributed by atoms with van der Waals surface area (Å²) in [5.74, 6) is -2.94. The third-order valence-corrected chi connectivity index (χ3v) is 4.04. The summed E-state index contributed by atoms with van der Waals surface area (Å²) in [5, 5.41) is 8.91. The first-order chi connectivity index (χ1) is 9.85. The molecule has 2 aromatic rings. The average molecular weight is 317 g/mol. The number of rotatable bonds is 4. The second-order valence-electron chi connectivity index (χ2n) is 4.11. The molecule has 112 valence electrons. The number of anilines is 1. The fraction of sp³-hybridized carbons (Fsp3) is 0.0769. The van der Waals surface area contributed by atoms with E-state index in [9.17, 15) is 21.6 Å². The van der Waals surface area contributed by atoms with Crippen LogP contribution in [-0.4, -0.2) is 13.5 Å². The van der Waals surface area contributed by atoms with Crippen molar-refractivity contribution in [3.05, 3.63) is 59.4 Å². The molecular weight excluding hydrogens is 307 g/mol. The highest BCUT2D eigenvalue weighted by atomic mass is 32.2. The number of hydrogen-bond acceptors (Lipinski definition) is 3. The molecule has 0 aliphatic heterocycles. The van der Waals surface area contributed by atoms with Crippen molar-refractivity contribution >= 4 is 15.7 Å². The van der Waals surface area contributed by atoms with Crippen LogP contribution in [0.3, 0.4) is 0 Å². The molecule has 0 aliphatic carbocycles. The minimum atomic E-state index is -4.32. The van der Waals surface area contributed by atoms with Crippen LogP contribution in [0.5, 0.6) is 0 Å². The Morgan fingerprint density at radius 2 is 1.62 bits per heavy atom. The molecule has 2 N–H and O–H groups in total. The Balaban J connectivity index is 2.44. The number of sulfonamides is 1. The molecule has 0 bridgehead atoms. The molecule has 0 heterocycles. The van der Waals surface area contributed by atoms with Crippen molar-refractivity contribution in [2.45, 2.75) is 11.5 Å². The number of para-hydroxylation sites is 1. The molecule has 21 heavy (non-hydrogen) atoms. The molecule has 0 unspecified atom stereocenters. The molecule has 0 radical (unpaired) electrons. The van der Waals surface area contributed by atoms with E-state index in [4.69, 9.17) is 5.11 Å². The standard InChI is InChI=1S/C13H10F3NO3S/c14-10-5-4-9(6-8(10)7-18)21(19,20)17-13-11(15)2-1-3-12(13)16/h1-6,17-18H,7H2. The summed E-state index contributed by atoms with van der Waals surface area (Å²) in [6.07, 6.45) is 0. The number of hydrogen-bond donors (Lipinski definition) is 2. The number of aliphatic hydroxyl groups excluding tert-OH is 1. The predicted octanol–water partition coefficient (Wildman–Crippen LogP) is 2.40. The molecule has 0 fully saturated rings. The van der Waals surface area contributed by atoms with Gasteiger partial charge in [-0.2, -0.15) is 0 Å². The Hall–Kier alpha value is -2.06. The van der Waals surface area contributed by atoms with Crippen molar-refractivity contribution in [2.24, 2.45) is 0 Å². The second kappa shape index (κ2) is 5.74. The van der Waals surface area contributed by atoms with Crippen molar-refractivity contribution in [1.29, 1.82) is 0 Å². The maximum Gasteiger partial charge on any atom is 0.262 e. The summed E-state index contributed by atoms with van der Waals surface area (Å²) >= 11 is 0. The van der Waals surface area contributed by atoms with Crippen LogP contribution in [0.25, 0.3) is 0 Å². The number of nitrogens with one attached hydrogen (secondary N) is 1. The summed E-state index contributed by atoms with van der Waals surface area (Å²) < 4.78 is 65.9. The van der Waals surface area contributed by atoms with Gasteiger partial charge in [0.05, 0.1) is 11.5 Å². The van der Waals surface area contributed by atoms with Crippen molar-refractivity contribution < 1.29 is 26.7 Å². The average Bonchev–Trinajstić information content (AvgIpc) is 2.43. The largest absolute Gasteiger partial charge is 0.392 e. The first-order valence-corrected chi connectivity index (χ1v) is 7.19. The fourth-order valence-electron chi connectivity index (χ4n) is 1.63. The van der Waals surface area contributed by atoms with Crippen LogP contribution in [-0.2, 0) is 16.6 Å². The Bertz CT molecular complexity index is 758. The summed E-state index contributed by atoms with van der Waals surface area (Å²) in [6.45, 7) is -0.705. The van der Waals surface area contributed by atoms with Crippen LogP contribution < -0.4 is 4.72 Å².